The normalized spacial score (nSPS) is 24.9. The van der Waals surface area contributed by atoms with Crippen molar-refractivity contribution in [3.8, 4) is 0 Å². The number of para-hydroxylation sites is 1. The van der Waals surface area contributed by atoms with Crippen molar-refractivity contribution in [3.63, 3.8) is 0 Å². The van der Waals surface area contributed by atoms with Gasteiger partial charge < -0.3 is 5.32 Å². The van der Waals surface area contributed by atoms with Crippen LogP contribution in [0.25, 0.3) is 0 Å². The fourth-order valence-electron chi connectivity index (χ4n) is 3.19. The van der Waals surface area contributed by atoms with Crippen molar-refractivity contribution in [3.05, 3.63) is 67.8 Å². The zero-order valence-electron chi connectivity index (χ0n) is 11.5. The van der Waals surface area contributed by atoms with Crippen molar-refractivity contribution >= 4 is 5.69 Å². The third-order valence-electron chi connectivity index (χ3n) is 4.01. The second kappa shape index (κ2) is 6.42. The smallest absolute Gasteiger partial charge is 0.0378 e. The molecule has 0 spiro atoms. The number of allylic oxidation sites excluding steroid dienone is 2. The minimum atomic E-state index is 0.440. The molecular formula is C18H23N. The van der Waals surface area contributed by atoms with Crippen molar-refractivity contribution < 1.29 is 0 Å². The van der Waals surface area contributed by atoms with Crippen LogP contribution < -0.4 is 5.32 Å². The van der Waals surface area contributed by atoms with E-state index >= 15 is 0 Å². The Morgan fingerprint density at radius 3 is 2.32 bits per heavy atom. The Morgan fingerprint density at radius 2 is 1.63 bits per heavy atom. The molecule has 3 unspecified atom stereocenters. The molecule has 19 heavy (non-hydrogen) atoms. The molecular weight excluding hydrogens is 230 g/mol. The highest BCUT2D eigenvalue weighted by atomic mass is 14.9. The van der Waals surface area contributed by atoms with Gasteiger partial charge in [0.1, 0.15) is 0 Å². The summed E-state index contributed by atoms with van der Waals surface area (Å²) in [7, 11) is 0. The first kappa shape index (κ1) is 13.7. The van der Waals surface area contributed by atoms with Crippen LogP contribution in [0.4, 0.5) is 5.69 Å². The number of hydrogen-bond donors (Lipinski definition) is 1. The van der Waals surface area contributed by atoms with E-state index in [1.54, 1.807) is 0 Å². The van der Waals surface area contributed by atoms with Gasteiger partial charge in [-0.2, -0.15) is 0 Å². The van der Waals surface area contributed by atoms with Crippen molar-refractivity contribution in [2.75, 3.05) is 5.32 Å². The van der Waals surface area contributed by atoms with E-state index in [0.717, 1.165) is 19.3 Å². The Kier molecular flexibility index (Phi) is 4.62. The van der Waals surface area contributed by atoms with Gasteiger partial charge in [-0.3, -0.25) is 0 Å². The lowest BCUT2D eigenvalue weighted by molar-refractivity contribution is 0.357. The number of benzene rings is 1. The number of anilines is 1. The van der Waals surface area contributed by atoms with E-state index in [2.05, 4.69) is 49.3 Å². The molecule has 0 bridgehead atoms. The summed E-state index contributed by atoms with van der Waals surface area (Å²) < 4.78 is 0. The van der Waals surface area contributed by atoms with Gasteiger partial charge in [0.15, 0.2) is 0 Å². The van der Waals surface area contributed by atoms with Crippen LogP contribution in [0.1, 0.15) is 30.7 Å². The largest absolute Gasteiger partial charge is 0.381 e. The Morgan fingerprint density at radius 1 is 0.947 bits per heavy atom. The maximum atomic E-state index is 3.93. The molecule has 100 valence electrons. The molecule has 0 saturated heterocycles. The fourth-order valence-corrected chi connectivity index (χ4v) is 3.19. The summed E-state index contributed by atoms with van der Waals surface area (Å²) in [6.07, 6.45) is 9.11. The van der Waals surface area contributed by atoms with Crippen LogP contribution in [0, 0.1) is 5.92 Å². The van der Waals surface area contributed by atoms with Gasteiger partial charge in [0.25, 0.3) is 0 Å². The molecule has 0 radical (unpaired) electrons. The number of nitrogens with one attached hydrogen (secondary N) is 1. The van der Waals surface area contributed by atoms with Crippen LogP contribution in [0.5, 0.6) is 0 Å². The predicted molar refractivity (Wildman–Crippen MR) is 84.5 cm³/mol. The summed E-state index contributed by atoms with van der Waals surface area (Å²) in [5, 5.41) is 3.67. The lowest BCUT2D eigenvalue weighted by Gasteiger charge is -2.40. The quantitative estimate of drug-likeness (QED) is 0.710. The first-order valence-electron chi connectivity index (χ1n) is 7.00. The zero-order chi connectivity index (χ0) is 13.7. The third kappa shape index (κ3) is 2.81. The zero-order valence-corrected chi connectivity index (χ0v) is 11.5. The van der Waals surface area contributed by atoms with E-state index in [-0.39, 0.29) is 0 Å². The fraction of sp³-hybridized carbons (Fsp3) is 0.333. The average molecular weight is 253 g/mol. The summed E-state index contributed by atoms with van der Waals surface area (Å²) in [5.41, 5.74) is 2.68. The summed E-state index contributed by atoms with van der Waals surface area (Å²) in [6.45, 7) is 11.7. The molecule has 1 aromatic rings. The third-order valence-corrected chi connectivity index (χ3v) is 4.01. The predicted octanol–water partition coefficient (Wildman–Crippen LogP) is 4.91. The lowest BCUT2D eigenvalue weighted by atomic mass is 9.73. The average Bonchev–Trinajstić information content (AvgIpc) is 2.43. The molecule has 2 rings (SSSR count). The van der Waals surface area contributed by atoms with Crippen molar-refractivity contribution in [2.45, 2.75) is 31.2 Å². The highest BCUT2D eigenvalue weighted by Gasteiger charge is 2.33. The molecule has 1 nitrogen and oxygen atoms in total. The molecule has 1 aliphatic rings. The van der Waals surface area contributed by atoms with Crippen LogP contribution in [0.3, 0.4) is 0 Å². The van der Waals surface area contributed by atoms with Crippen LogP contribution >= 0.6 is 0 Å². The minimum absolute atomic E-state index is 0.440. The number of fused-ring (bicyclic) bond motifs is 1. The van der Waals surface area contributed by atoms with Crippen molar-refractivity contribution in [2.24, 2.45) is 5.92 Å². The highest BCUT2D eigenvalue weighted by Crippen LogP contribution is 2.43. The molecule has 0 aliphatic carbocycles. The van der Waals surface area contributed by atoms with E-state index in [0.29, 0.717) is 17.9 Å². The van der Waals surface area contributed by atoms with E-state index in [1.165, 1.54) is 11.3 Å². The summed E-state index contributed by atoms with van der Waals surface area (Å²) in [6, 6.07) is 9.06. The molecule has 1 heterocycles. The first-order valence-corrected chi connectivity index (χ1v) is 7.00. The Bertz CT molecular complexity index is 461. The van der Waals surface area contributed by atoms with Crippen LogP contribution in [-0.2, 0) is 0 Å². The molecule has 0 fully saturated rings. The van der Waals surface area contributed by atoms with E-state index in [1.807, 2.05) is 18.2 Å². The van der Waals surface area contributed by atoms with Gasteiger partial charge in [-0.1, -0.05) is 36.4 Å². The monoisotopic (exact) mass is 253 g/mol. The van der Waals surface area contributed by atoms with Gasteiger partial charge in [-0.25, -0.2) is 0 Å². The van der Waals surface area contributed by atoms with Gasteiger partial charge in [-0.15, -0.1) is 19.7 Å². The first-order chi connectivity index (χ1) is 9.31. The van der Waals surface area contributed by atoms with Crippen LogP contribution in [0.15, 0.2) is 62.2 Å². The Hall–Kier alpha value is -1.76. The van der Waals surface area contributed by atoms with Gasteiger partial charge in [0.2, 0.25) is 0 Å². The van der Waals surface area contributed by atoms with E-state index in [4.69, 9.17) is 0 Å². The van der Waals surface area contributed by atoms with Crippen molar-refractivity contribution in [1.82, 2.24) is 0 Å². The molecule has 1 heteroatoms. The topological polar surface area (TPSA) is 12.0 Å². The molecule has 1 aliphatic heterocycles. The van der Waals surface area contributed by atoms with E-state index in [9.17, 15) is 0 Å². The maximum Gasteiger partial charge on any atom is 0.0378 e. The lowest BCUT2D eigenvalue weighted by Crippen LogP contribution is -2.37. The minimum Gasteiger partial charge on any atom is -0.381 e. The van der Waals surface area contributed by atoms with E-state index < -0.39 is 0 Å². The number of rotatable bonds is 6. The van der Waals surface area contributed by atoms with Gasteiger partial charge in [0, 0.05) is 11.7 Å². The second-order valence-corrected chi connectivity index (χ2v) is 5.18. The number of hydrogen-bond acceptors (Lipinski definition) is 1. The molecule has 3 atom stereocenters. The highest BCUT2D eigenvalue weighted by molar-refractivity contribution is 5.56. The molecule has 0 saturated carbocycles. The second-order valence-electron chi connectivity index (χ2n) is 5.18. The van der Waals surface area contributed by atoms with Gasteiger partial charge in [-0.05, 0) is 42.7 Å². The summed E-state index contributed by atoms with van der Waals surface area (Å²) in [4.78, 5) is 0. The molecule has 0 aromatic heterocycles. The Balaban J connectivity index is 2.39. The SMILES string of the molecule is C=CCC1Nc2ccccc2C(CC=C)C1CC=C. The molecule has 1 N–H and O–H groups in total. The summed E-state index contributed by atoms with van der Waals surface area (Å²) >= 11 is 0. The van der Waals surface area contributed by atoms with Gasteiger partial charge in [0.05, 0.1) is 0 Å². The van der Waals surface area contributed by atoms with Crippen LogP contribution in [-0.4, -0.2) is 6.04 Å². The maximum absolute atomic E-state index is 3.93. The van der Waals surface area contributed by atoms with Crippen LogP contribution in [0.2, 0.25) is 0 Å². The molecule has 1 aromatic carbocycles. The Labute approximate surface area is 116 Å². The summed E-state index contributed by atoms with van der Waals surface area (Å²) in [5.74, 6) is 1.08. The van der Waals surface area contributed by atoms with Gasteiger partial charge >= 0.3 is 0 Å². The molecule has 0 amide bonds. The standard InChI is InChI=1S/C18H23N/c1-4-9-14-15(10-5-2)17(11-6-3)19-18-13-8-7-12-16(14)18/h4-8,12-15,17,19H,1-3,9-11H2. The van der Waals surface area contributed by atoms with Crippen molar-refractivity contribution in [1.29, 1.82) is 0 Å².